The number of sulfone groups is 1. The summed E-state index contributed by atoms with van der Waals surface area (Å²) in [5.74, 6) is 0.0935. The van der Waals surface area contributed by atoms with E-state index in [1.165, 1.54) is 0 Å². The topological polar surface area (TPSA) is 94.2 Å². The maximum absolute atomic E-state index is 12.3. The minimum atomic E-state index is -2.91. The molecule has 20 heavy (non-hydrogen) atoms. The molecule has 1 aliphatic rings. The zero-order chi connectivity index (χ0) is 14.9. The largest absolute Gasteiger partial charge is 0.397 e. The number of amides is 1. The zero-order valence-corrected chi connectivity index (χ0v) is 12.6. The van der Waals surface area contributed by atoms with Crippen LogP contribution in [-0.4, -0.2) is 36.4 Å². The van der Waals surface area contributed by atoms with E-state index in [4.69, 9.17) is 5.73 Å². The summed E-state index contributed by atoms with van der Waals surface area (Å²) in [4.78, 5) is 12.3. The number of carbonyl (C=O) groups is 1. The summed E-state index contributed by atoms with van der Waals surface area (Å²) in [6, 6.07) is 1.71. The molecule has 1 aromatic rings. The van der Waals surface area contributed by atoms with Gasteiger partial charge in [-0.1, -0.05) is 0 Å². The highest BCUT2D eigenvalue weighted by molar-refractivity contribution is 7.91. The van der Waals surface area contributed by atoms with Gasteiger partial charge in [-0.15, -0.1) is 0 Å². The van der Waals surface area contributed by atoms with Crippen LogP contribution in [0.4, 0.5) is 5.69 Å². The van der Waals surface area contributed by atoms with Crippen molar-refractivity contribution in [1.82, 2.24) is 9.88 Å². The quantitative estimate of drug-likeness (QED) is 0.869. The van der Waals surface area contributed by atoms with Crippen LogP contribution in [0.15, 0.2) is 12.3 Å². The fourth-order valence-corrected chi connectivity index (χ4v) is 3.89. The molecule has 112 valence electrons. The molecule has 3 N–H and O–H groups in total. The van der Waals surface area contributed by atoms with Crippen molar-refractivity contribution in [3.8, 4) is 0 Å². The number of nitrogens with two attached hydrogens (primary N) is 1. The Labute approximate surface area is 119 Å². The van der Waals surface area contributed by atoms with Crippen molar-refractivity contribution in [1.29, 1.82) is 0 Å². The number of nitrogens with zero attached hydrogens (tertiary/aromatic N) is 1. The summed E-state index contributed by atoms with van der Waals surface area (Å²) in [6.07, 6.45) is 2.70. The molecule has 1 amide bonds. The molecule has 1 aromatic heterocycles. The monoisotopic (exact) mass is 299 g/mol. The van der Waals surface area contributed by atoms with Crippen LogP contribution in [0.5, 0.6) is 0 Å². The van der Waals surface area contributed by atoms with Crippen molar-refractivity contribution < 1.29 is 13.2 Å². The number of nitrogen functional groups attached to an aromatic ring is 1. The van der Waals surface area contributed by atoms with E-state index >= 15 is 0 Å². The standard InChI is InChI=1S/C13H21N3O3S/c1-9(2)16-8-10(14)7-12(16)13(17)15-11-3-5-20(18,19)6-4-11/h7-9,11H,3-6,14H2,1-2H3,(H,15,17). The van der Waals surface area contributed by atoms with Gasteiger partial charge in [0, 0.05) is 18.3 Å². The zero-order valence-electron chi connectivity index (χ0n) is 11.8. The lowest BCUT2D eigenvalue weighted by molar-refractivity contribution is 0.0923. The second-order valence-electron chi connectivity index (χ2n) is 5.56. The molecule has 0 aromatic carbocycles. The summed E-state index contributed by atoms with van der Waals surface area (Å²) in [6.45, 7) is 3.95. The Kier molecular flexibility index (Phi) is 4.08. The third kappa shape index (κ3) is 3.33. The molecule has 0 radical (unpaired) electrons. The normalized spacial score (nSPS) is 19.1. The van der Waals surface area contributed by atoms with Gasteiger partial charge in [0.15, 0.2) is 0 Å². The van der Waals surface area contributed by atoms with E-state index in [-0.39, 0.29) is 29.5 Å². The van der Waals surface area contributed by atoms with Crippen LogP contribution in [0.3, 0.4) is 0 Å². The highest BCUT2D eigenvalue weighted by Crippen LogP contribution is 2.18. The van der Waals surface area contributed by atoms with Crippen molar-refractivity contribution in [2.75, 3.05) is 17.2 Å². The predicted molar refractivity (Wildman–Crippen MR) is 78.4 cm³/mol. The van der Waals surface area contributed by atoms with Gasteiger partial charge in [-0.3, -0.25) is 4.79 Å². The maximum Gasteiger partial charge on any atom is 0.268 e. The minimum absolute atomic E-state index is 0.0808. The molecule has 0 aliphatic carbocycles. The Morgan fingerprint density at radius 3 is 2.55 bits per heavy atom. The summed E-state index contributed by atoms with van der Waals surface area (Å²) in [7, 11) is -2.91. The highest BCUT2D eigenvalue weighted by atomic mass is 32.2. The fourth-order valence-electron chi connectivity index (χ4n) is 2.40. The lowest BCUT2D eigenvalue weighted by Gasteiger charge is -2.23. The molecular weight excluding hydrogens is 278 g/mol. The second kappa shape index (κ2) is 5.47. The average molecular weight is 299 g/mol. The number of anilines is 1. The number of hydrogen-bond acceptors (Lipinski definition) is 4. The van der Waals surface area contributed by atoms with Gasteiger partial charge in [-0.2, -0.15) is 0 Å². The van der Waals surface area contributed by atoms with E-state index in [0.717, 1.165) is 0 Å². The van der Waals surface area contributed by atoms with Crippen LogP contribution in [-0.2, 0) is 9.84 Å². The number of carbonyl (C=O) groups excluding carboxylic acids is 1. The smallest absolute Gasteiger partial charge is 0.268 e. The summed E-state index contributed by atoms with van der Waals surface area (Å²) >= 11 is 0. The lowest BCUT2D eigenvalue weighted by Crippen LogP contribution is -2.41. The van der Waals surface area contributed by atoms with E-state index in [1.807, 2.05) is 18.4 Å². The molecule has 1 aliphatic heterocycles. The molecule has 0 bridgehead atoms. The number of hydrogen-bond donors (Lipinski definition) is 2. The molecule has 6 nitrogen and oxygen atoms in total. The number of rotatable bonds is 3. The van der Waals surface area contributed by atoms with Gasteiger partial charge in [-0.05, 0) is 32.8 Å². The molecule has 7 heteroatoms. The molecule has 0 saturated carbocycles. The molecule has 0 atom stereocenters. The third-order valence-electron chi connectivity index (χ3n) is 3.55. The van der Waals surface area contributed by atoms with Crippen molar-refractivity contribution in [2.24, 2.45) is 0 Å². The van der Waals surface area contributed by atoms with Gasteiger partial charge >= 0.3 is 0 Å². The molecule has 2 rings (SSSR count). The molecular formula is C13H21N3O3S. The van der Waals surface area contributed by atoms with Gasteiger partial charge in [0.1, 0.15) is 15.5 Å². The second-order valence-corrected chi connectivity index (χ2v) is 7.86. The first-order chi connectivity index (χ1) is 9.28. The fraction of sp³-hybridized carbons (Fsp3) is 0.615. The lowest BCUT2D eigenvalue weighted by atomic mass is 10.1. The SMILES string of the molecule is CC(C)n1cc(N)cc1C(=O)NC1CCS(=O)(=O)CC1. The average Bonchev–Trinajstić information content (AvgIpc) is 2.74. The van der Waals surface area contributed by atoms with Crippen molar-refractivity contribution in [2.45, 2.75) is 38.8 Å². The van der Waals surface area contributed by atoms with Crippen LogP contribution in [0.25, 0.3) is 0 Å². The molecule has 1 fully saturated rings. The summed E-state index contributed by atoms with van der Waals surface area (Å²) in [5, 5.41) is 2.90. The molecule has 0 spiro atoms. The van der Waals surface area contributed by atoms with E-state index in [9.17, 15) is 13.2 Å². The van der Waals surface area contributed by atoms with Crippen LogP contribution in [0.2, 0.25) is 0 Å². The van der Waals surface area contributed by atoms with Crippen LogP contribution < -0.4 is 11.1 Å². The van der Waals surface area contributed by atoms with Crippen molar-refractivity contribution in [3.05, 3.63) is 18.0 Å². The van der Waals surface area contributed by atoms with Crippen LogP contribution in [0.1, 0.15) is 43.2 Å². The predicted octanol–water partition coefficient (Wildman–Crippen LogP) is 0.958. The number of nitrogens with one attached hydrogen (secondary N) is 1. The molecule has 1 saturated heterocycles. The Hall–Kier alpha value is -1.50. The van der Waals surface area contributed by atoms with Gasteiger partial charge in [0.05, 0.1) is 17.2 Å². The Balaban J connectivity index is 2.06. The Bertz CT molecular complexity index is 590. The highest BCUT2D eigenvalue weighted by Gasteiger charge is 2.26. The summed E-state index contributed by atoms with van der Waals surface area (Å²) < 4.78 is 24.6. The van der Waals surface area contributed by atoms with E-state index in [2.05, 4.69) is 5.32 Å². The molecule has 2 heterocycles. The molecule has 0 unspecified atom stereocenters. The third-order valence-corrected chi connectivity index (χ3v) is 5.26. The van der Waals surface area contributed by atoms with E-state index in [1.54, 1.807) is 12.3 Å². The van der Waals surface area contributed by atoms with Gasteiger partial charge in [-0.25, -0.2) is 8.42 Å². The number of aromatic nitrogens is 1. The Morgan fingerprint density at radius 2 is 2.00 bits per heavy atom. The van der Waals surface area contributed by atoms with Crippen LogP contribution in [0, 0.1) is 0 Å². The van der Waals surface area contributed by atoms with Gasteiger partial charge < -0.3 is 15.6 Å². The Morgan fingerprint density at radius 1 is 1.40 bits per heavy atom. The maximum atomic E-state index is 12.3. The van der Waals surface area contributed by atoms with E-state index < -0.39 is 9.84 Å². The van der Waals surface area contributed by atoms with Gasteiger partial charge in [0.25, 0.3) is 5.91 Å². The first kappa shape index (κ1) is 14.9. The van der Waals surface area contributed by atoms with Crippen molar-refractivity contribution in [3.63, 3.8) is 0 Å². The van der Waals surface area contributed by atoms with E-state index in [0.29, 0.717) is 24.2 Å². The van der Waals surface area contributed by atoms with Crippen LogP contribution >= 0.6 is 0 Å². The van der Waals surface area contributed by atoms with Crippen molar-refractivity contribution >= 4 is 21.4 Å². The van der Waals surface area contributed by atoms with Gasteiger partial charge in [0.2, 0.25) is 0 Å². The minimum Gasteiger partial charge on any atom is -0.397 e. The summed E-state index contributed by atoms with van der Waals surface area (Å²) in [5.41, 5.74) is 6.81. The first-order valence-corrected chi connectivity index (χ1v) is 8.59. The first-order valence-electron chi connectivity index (χ1n) is 6.77.